The van der Waals surface area contributed by atoms with Crippen LogP contribution in [-0.4, -0.2) is 45.8 Å². The Balaban J connectivity index is 1.96. The number of nitrogens with zero attached hydrogens (tertiary/aromatic N) is 1. The number of hydrogen-bond donors (Lipinski definition) is 2. The van der Waals surface area contributed by atoms with Gasteiger partial charge in [-0.2, -0.15) is 0 Å². The Kier molecular flexibility index (Phi) is 2.04. The van der Waals surface area contributed by atoms with Gasteiger partial charge in [0.1, 0.15) is 5.54 Å². The second kappa shape index (κ2) is 2.96. The van der Waals surface area contributed by atoms with Crippen molar-refractivity contribution in [2.45, 2.75) is 37.3 Å². The normalized spacial score (nSPS) is 38.5. The van der Waals surface area contributed by atoms with Gasteiger partial charge in [-0.1, -0.05) is 0 Å². The number of carbonyl (C=O) groups is 1. The first-order valence-electron chi connectivity index (χ1n) is 4.82. The zero-order chi connectivity index (χ0) is 9.47. The van der Waals surface area contributed by atoms with Crippen LogP contribution in [0.5, 0.6) is 0 Å². The minimum Gasteiger partial charge on any atom is -0.395 e. The molecule has 1 heterocycles. The Hall–Kier alpha value is -0.610. The van der Waals surface area contributed by atoms with E-state index in [0.29, 0.717) is 19.4 Å². The number of amides is 1. The number of rotatable bonds is 2. The minimum absolute atomic E-state index is 0.0377. The highest BCUT2D eigenvalue weighted by Crippen LogP contribution is 2.45. The molecule has 0 unspecified atom stereocenters. The van der Waals surface area contributed by atoms with Gasteiger partial charge >= 0.3 is 0 Å². The predicted molar refractivity (Wildman–Crippen MR) is 46.0 cm³/mol. The molecule has 1 aliphatic heterocycles. The van der Waals surface area contributed by atoms with Crippen molar-refractivity contribution in [2.75, 3.05) is 13.2 Å². The summed E-state index contributed by atoms with van der Waals surface area (Å²) >= 11 is 0. The summed E-state index contributed by atoms with van der Waals surface area (Å²) in [6.45, 7) is 0.491. The summed E-state index contributed by atoms with van der Waals surface area (Å²) in [7, 11) is 0. The maximum atomic E-state index is 11.4. The third kappa shape index (κ3) is 1.25. The molecule has 2 aliphatic rings. The average Bonchev–Trinajstić information content (AvgIpc) is 2.66. The molecular formula is C9H15NO3. The van der Waals surface area contributed by atoms with Gasteiger partial charge in [-0.3, -0.25) is 4.79 Å². The topological polar surface area (TPSA) is 60.5 Å². The zero-order valence-electron chi connectivity index (χ0n) is 7.57. The molecule has 2 fully saturated rings. The Morgan fingerprint density at radius 2 is 2.08 bits per heavy atom. The fraction of sp³-hybridized carbons (Fsp3) is 0.889. The number of carbonyl (C=O) groups excluding carboxylic acids is 1. The van der Waals surface area contributed by atoms with Crippen LogP contribution in [0.4, 0.5) is 0 Å². The molecule has 0 bridgehead atoms. The molecular weight excluding hydrogens is 170 g/mol. The van der Waals surface area contributed by atoms with Gasteiger partial charge in [0.2, 0.25) is 5.91 Å². The molecule has 2 rings (SSSR count). The van der Waals surface area contributed by atoms with E-state index >= 15 is 0 Å². The van der Waals surface area contributed by atoms with Gasteiger partial charge in [0, 0.05) is 6.54 Å². The summed E-state index contributed by atoms with van der Waals surface area (Å²) in [6.07, 6.45) is 2.72. The molecule has 0 aromatic rings. The van der Waals surface area contributed by atoms with Gasteiger partial charge in [0.15, 0.2) is 0 Å². The molecule has 0 aromatic heterocycles. The molecule has 13 heavy (non-hydrogen) atoms. The van der Waals surface area contributed by atoms with Crippen molar-refractivity contribution >= 4 is 5.91 Å². The van der Waals surface area contributed by atoms with Gasteiger partial charge in [-0.15, -0.1) is 0 Å². The van der Waals surface area contributed by atoms with Gasteiger partial charge in [-0.05, 0) is 25.7 Å². The fourth-order valence-corrected chi connectivity index (χ4v) is 2.33. The van der Waals surface area contributed by atoms with Crippen LogP contribution in [0, 0.1) is 0 Å². The van der Waals surface area contributed by atoms with E-state index in [-0.39, 0.29) is 24.2 Å². The van der Waals surface area contributed by atoms with E-state index < -0.39 is 0 Å². The molecule has 4 heteroatoms. The van der Waals surface area contributed by atoms with Crippen molar-refractivity contribution in [2.24, 2.45) is 0 Å². The largest absolute Gasteiger partial charge is 0.395 e. The van der Waals surface area contributed by atoms with Crippen LogP contribution in [0.2, 0.25) is 0 Å². The van der Waals surface area contributed by atoms with Gasteiger partial charge < -0.3 is 15.1 Å². The highest BCUT2D eigenvalue weighted by molar-refractivity contribution is 6.02. The van der Waals surface area contributed by atoms with Crippen molar-refractivity contribution in [3.05, 3.63) is 0 Å². The lowest BCUT2D eigenvalue weighted by Gasteiger charge is -2.23. The van der Waals surface area contributed by atoms with Crippen molar-refractivity contribution in [1.82, 2.24) is 4.90 Å². The van der Waals surface area contributed by atoms with Crippen LogP contribution in [0.1, 0.15) is 25.7 Å². The van der Waals surface area contributed by atoms with E-state index in [4.69, 9.17) is 5.11 Å². The second-order valence-electron chi connectivity index (χ2n) is 3.94. The Morgan fingerprint density at radius 3 is 2.62 bits per heavy atom. The van der Waals surface area contributed by atoms with Crippen LogP contribution in [0.25, 0.3) is 0 Å². The summed E-state index contributed by atoms with van der Waals surface area (Å²) < 4.78 is 0. The molecule has 1 spiro atoms. The third-order valence-electron chi connectivity index (χ3n) is 3.22. The van der Waals surface area contributed by atoms with Crippen molar-refractivity contribution in [3.8, 4) is 0 Å². The van der Waals surface area contributed by atoms with Crippen LogP contribution in [-0.2, 0) is 4.79 Å². The summed E-state index contributed by atoms with van der Waals surface area (Å²) in [5, 5.41) is 18.0. The molecule has 0 aromatic carbocycles. The minimum atomic E-state index is -0.290. The van der Waals surface area contributed by atoms with Gasteiger partial charge in [-0.25, -0.2) is 0 Å². The molecule has 1 saturated carbocycles. The molecule has 1 saturated heterocycles. The molecule has 2 N–H and O–H groups in total. The molecule has 0 atom stereocenters. The summed E-state index contributed by atoms with van der Waals surface area (Å²) in [5.41, 5.74) is -0.290. The smallest absolute Gasteiger partial charge is 0.249 e. The maximum absolute atomic E-state index is 11.4. The van der Waals surface area contributed by atoms with Crippen LogP contribution < -0.4 is 0 Å². The number of aliphatic hydroxyl groups is 2. The third-order valence-corrected chi connectivity index (χ3v) is 3.22. The maximum Gasteiger partial charge on any atom is 0.249 e. The van der Waals surface area contributed by atoms with Crippen molar-refractivity contribution < 1.29 is 15.0 Å². The van der Waals surface area contributed by atoms with E-state index in [1.807, 2.05) is 0 Å². The molecule has 1 aliphatic carbocycles. The van der Waals surface area contributed by atoms with Crippen LogP contribution in [0.15, 0.2) is 0 Å². The zero-order valence-corrected chi connectivity index (χ0v) is 7.57. The van der Waals surface area contributed by atoms with E-state index in [0.717, 1.165) is 12.8 Å². The van der Waals surface area contributed by atoms with E-state index in [1.165, 1.54) is 0 Å². The van der Waals surface area contributed by atoms with E-state index in [2.05, 4.69) is 0 Å². The van der Waals surface area contributed by atoms with Crippen molar-refractivity contribution in [1.29, 1.82) is 0 Å². The lowest BCUT2D eigenvalue weighted by molar-refractivity contribution is -0.114. The van der Waals surface area contributed by atoms with E-state index in [9.17, 15) is 9.90 Å². The summed E-state index contributed by atoms with van der Waals surface area (Å²) in [6, 6.07) is 0. The second-order valence-corrected chi connectivity index (χ2v) is 3.94. The lowest BCUT2D eigenvalue weighted by Crippen LogP contribution is -2.29. The number of β-amino-alcohol motifs (C(OH)–C–C–N with tert-alkyl or cyclic N) is 1. The molecule has 74 valence electrons. The standard InChI is InChI=1S/C9H15NO3/c11-6-5-10-8(13)9(10)3-1-7(12)2-4-9/h7,11-12H,1-6H2. The fourth-order valence-electron chi connectivity index (χ4n) is 2.33. The predicted octanol–water partition coefficient (Wildman–Crippen LogP) is -0.505. The lowest BCUT2D eigenvalue weighted by atomic mass is 9.87. The van der Waals surface area contributed by atoms with Crippen LogP contribution in [0.3, 0.4) is 0 Å². The highest BCUT2D eigenvalue weighted by atomic mass is 16.3. The van der Waals surface area contributed by atoms with Gasteiger partial charge in [0.05, 0.1) is 12.7 Å². The number of hydrogen-bond acceptors (Lipinski definition) is 3. The molecule has 4 nitrogen and oxygen atoms in total. The first kappa shape index (κ1) is 8.97. The van der Waals surface area contributed by atoms with Gasteiger partial charge in [0.25, 0.3) is 0 Å². The summed E-state index contributed by atoms with van der Waals surface area (Å²) in [4.78, 5) is 13.2. The Bertz CT molecular complexity index is 221. The monoisotopic (exact) mass is 185 g/mol. The Labute approximate surface area is 77.2 Å². The summed E-state index contributed by atoms with van der Waals surface area (Å²) in [5.74, 6) is 0.161. The first-order valence-corrected chi connectivity index (χ1v) is 4.82. The molecule has 0 radical (unpaired) electrons. The Morgan fingerprint density at radius 1 is 1.46 bits per heavy atom. The highest BCUT2D eigenvalue weighted by Gasteiger charge is 2.62. The SMILES string of the molecule is O=C1N(CCO)C12CCC(O)CC2. The quantitative estimate of drug-likeness (QED) is 0.570. The molecule has 1 amide bonds. The number of aliphatic hydroxyl groups excluding tert-OH is 2. The van der Waals surface area contributed by atoms with E-state index in [1.54, 1.807) is 4.90 Å². The first-order chi connectivity index (χ1) is 6.20. The van der Waals surface area contributed by atoms with Crippen LogP contribution >= 0.6 is 0 Å². The average molecular weight is 185 g/mol. The van der Waals surface area contributed by atoms with Crippen molar-refractivity contribution in [3.63, 3.8) is 0 Å².